The van der Waals surface area contributed by atoms with Gasteiger partial charge in [0.25, 0.3) is 0 Å². The third-order valence-electron chi connectivity index (χ3n) is 3.00. The molecule has 2 aliphatic rings. The van der Waals surface area contributed by atoms with Crippen molar-refractivity contribution in [2.75, 3.05) is 6.61 Å². The fourth-order valence-electron chi connectivity index (χ4n) is 1.97. The monoisotopic (exact) mass is 235 g/mol. The molecule has 5 nitrogen and oxygen atoms in total. The smallest absolute Gasteiger partial charge is 0.163 e. The van der Waals surface area contributed by atoms with Crippen molar-refractivity contribution < 1.29 is 22.4 Å². The molecule has 2 fully saturated rings. The van der Waals surface area contributed by atoms with Crippen molar-refractivity contribution in [3.63, 3.8) is 0 Å². The largest absolute Gasteiger partial charge is 0.748 e. The van der Waals surface area contributed by atoms with E-state index < -0.39 is 20.7 Å². The third kappa shape index (κ3) is 2.18. The molecule has 0 aromatic heterocycles. The molecular weight excluding hydrogens is 220 g/mol. The first kappa shape index (κ1) is 11.3. The number of hydrogen-bond donors (Lipinski definition) is 0. The Morgan fingerprint density at radius 3 is 2.33 bits per heavy atom. The van der Waals surface area contributed by atoms with Crippen LogP contribution in [0.25, 0.3) is 0 Å². The first-order valence-corrected chi connectivity index (χ1v) is 6.42. The average Bonchev–Trinajstić information content (AvgIpc) is 2.73. The van der Waals surface area contributed by atoms with E-state index in [9.17, 15) is 13.0 Å². The lowest BCUT2D eigenvalue weighted by atomic mass is 10.2. The minimum atomic E-state index is -4.20. The van der Waals surface area contributed by atoms with E-state index >= 15 is 0 Å². The number of hydrogen-bond acceptors (Lipinski definition) is 5. The molecule has 88 valence electrons. The van der Waals surface area contributed by atoms with Crippen LogP contribution >= 0.6 is 0 Å². The molecule has 1 heterocycles. The number of rotatable bonds is 3. The van der Waals surface area contributed by atoms with Gasteiger partial charge in [0.1, 0.15) is 10.1 Å². The van der Waals surface area contributed by atoms with E-state index in [4.69, 9.17) is 9.47 Å². The molecule has 2 rings (SSSR count). The molecule has 15 heavy (non-hydrogen) atoms. The summed E-state index contributed by atoms with van der Waals surface area (Å²) >= 11 is 0. The quantitative estimate of drug-likeness (QED) is 0.670. The molecule has 0 spiro atoms. The summed E-state index contributed by atoms with van der Waals surface area (Å²) in [5.41, 5.74) is 0. The summed E-state index contributed by atoms with van der Waals surface area (Å²) in [7, 11) is -4.20. The van der Waals surface area contributed by atoms with Crippen molar-refractivity contribution in [2.45, 2.75) is 49.7 Å². The van der Waals surface area contributed by atoms with E-state index in [1.807, 2.05) is 0 Å². The molecule has 0 bridgehead atoms. The maximum absolute atomic E-state index is 11.0. The molecule has 1 saturated carbocycles. The number of ether oxygens (including phenoxy) is 2. The molecule has 0 aromatic rings. The van der Waals surface area contributed by atoms with Gasteiger partial charge < -0.3 is 14.0 Å². The van der Waals surface area contributed by atoms with Crippen LogP contribution < -0.4 is 0 Å². The van der Waals surface area contributed by atoms with E-state index in [2.05, 4.69) is 0 Å². The van der Waals surface area contributed by atoms with Crippen LogP contribution in [0.15, 0.2) is 0 Å². The predicted octanol–water partition coefficient (Wildman–Crippen LogP) is 0.606. The fraction of sp³-hybridized carbons (Fsp3) is 1.00. The first-order valence-electron chi connectivity index (χ1n) is 5.01. The van der Waals surface area contributed by atoms with E-state index in [1.54, 1.807) is 13.8 Å². The zero-order chi connectivity index (χ0) is 11.3. The van der Waals surface area contributed by atoms with Crippen LogP contribution in [0.1, 0.15) is 33.1 Å². The lowest BCUT2D eigenvalue weighted by Crippen LogP contribution is -2.30. The molecule has 0 unspecified atom stereocenters. The van der Waals surface area contributed by atoms with Gasteiger partial charge in [-0.2, -0.15) is 0 Å². The van der Waals surface area contributed by atoms with Crippen molar-refractivity contribution in [3.05, 3.63) is 0 Å². The van der Waals surface area contributed by atoms with Gasteiger partial charge in [-0.05, 0) is 33.1 Å². The molecule has 1 aliphatic carbocycles. The second kappa shape index (κ2) is 3.16. The van der Waals surface area contributed by atoms with Gasteiger partial charge >= 0.3 is 0 Å². The normalized spacial score (nSPS) is 32.9. The van der Waals surface area contributed by atoms with Gasteiger partial charge in [0.15, 0.2) is 5.79 Å². The van der Waals surface area contributed by atoms with Crippen molar-refractivity contribution in [3.8, 4) is 0 Å². The van der Waals surface area contributed by atoms with E-state index in [0.717, 1.165) is 0 Å². The summed E-state index contributed by atoms with van der Waals surface area (Å²) in [6.07, 6.45) is 0.909. The highest BCUT2D eigenvalue weighted by Crippen LogP contribution is 2.48. The van der Waals surface area contributed by atoms with Crippen LogP contribution in [0.5, 0.6) is 0 Å². The standard InChI is InChI=1S/C9H16O5S/c1-8(2)13-6-7(14-8)5-9(3-4-9)15(10,11)12/h7H,3-6H2,1-2H3,(H,10,11,12)/p-1/t7-/m1/s1. The fourth-order valence-corrected chi connectivity index (χ4v) is 2.97. The Balaban J connectivity index is 2.00. The minimum absolute atomic E-state index is 0.266. The van der Waals surface area contributed by atoms with Gasteiger partial charge in [0, 0.05) is 0 Å². The zero-order valence-electron chi connectivity index (χ0n) is 8.86. The van der Waals surface area contributed by atoms with Gasteiger partial charge in [0.05, 0.1) is 17.5 Å². The van der Waals surface area contributed by atoms with Gasteiger partial charge in [-0.15, -0.1) is 0 Å². The summed E-state index contributed by atoms with van der Waals surface area (Å²) in [6, 6.07) is 0. The van der Waals surface area contributed by atoms with Gasteiger partial charge in [-0.25, -0.2) is 8.42 Å². The van der Waals surface area contributed by atoms with Gasteiger partial charge in [-0.3, -0.25) is 0 Å². The van der Waals surface area contributed by atoms with Crippen LogP contribution in [0.3, 0.4) is 0 Å². The maximum Gasteiger partial charge on any atom is 0.163 e. The highest BCUT2D eigenvalue weighted by molar-refractivity contribution is 7.87. The Kier molecular flexibility index (Phi) is 2.39. The molecule has 0 N–H and O–H groups in total. The highest BCUT2D eigenvalue weighted by atomic mass is 32.2. The summed E-state index contributed by atoms with van der Waals surface area (Å²) in [5, 5.41) is 0. The van der Waals surface area contributed by atoms with Crippen LogP contribution in [-0.4, -0.2) is 36.2 Å². The molecule has 1 aliphatic heterocycles. The van der Waals surface area contributed by atoms with Crippen LogP contribution in [0.4, 0.5) is 0 Å². The van der Waals surface area contributed by atoms with Crippen molar-refractivity contribution in [2.24, 2.45) is 0 Å². The molecule has 1 saturated heterocycles. The topological polar surface area (TPSA) is 75.7 Å². The van der Waals surface area contributed by atoms with Crippen LogP contribution in [0, 0.1) is 0 Å². The van der Waals surface area contributed by atoms with Gasteiger partial charge in [0.2, 0.25) is 0 Å². The van der Waals surface area contributed by atoms with Crippen molar-refractivity contribution in [1.82, 2.24) is 0 Å². The molecule has 0 aromatic carbocycles. The lowest BCUT2D eigenvalue weighted by Gasteiger charge is -2.23. The summed E-state index contributed by atoms with van der Waals surface area (Å²) in [5.74, 6) is -0.659. The van der Waals surface area contributed by atoms with Crippen LogP contribution in [0.2, 0.25) is 0 Å². The lowest BCUT2D eigenvalue weighted by molar-refractivity contribution is -0.139. The SMILES string of the molecule is CC1(C)OC[C@@H](CC2(S(=O)(=O)[O-])CC2)O1. The van der Waals surface area contributed by atoms with Crippen molar-refractivity contribution >= 4 is 10.1 Å². The molecular formula is C9H15O5S-. The Bertz CT molecular complexity index is 355. The van der Waals surface area contributed by atoms with Crippen LogP contribution in [-0.2, 0) is 19.6 Å². The minimum Gasteiger partial charge on any atom is -0.748 e. The van der Waals surface area contributed by atoms with E-state index in [-0.39, 0.29) is 12.5 Å². The Morgan fingerprint density at radius 1 is 1.40 bits per heavy atom. The molecule has 0 radical (unpaired) electrons. The third-order valence-corrected chi connectivity index (χ3v) is 4.64. The molecule has 0 amide bonds. The summed E-state index contributed by atoms with van der Waals surface area (Å²) in [6.45, 7) is 3.92. The van der Waals surface area contributed by atoms with E-state index in [1.165, 1.54) is 0 Å². The predicted molar refractivity (Wildman–Crippen MR) is 51.2 cm³/mol. The second-order valence-corrected chi connectivity index (χ2v) is 6.57. The van der Waals surface area contributed by atoms with Crippen molar-refractivity contribution in [1.29, 1.82) is 0 Å². The van der Waals surface area contributed by atoms with Gasteiger partial charge in [-0.1, -0.05) is 0 Å². The Hall–Kier alpha value is -0.170. The summed E-state index contributed by atoms with van der Waals surface area (Å²) in [4.78, 5) is 0. The second-order valence-electron chi connectivity index (χ2n) is 4.79. The first-order chi connectivity index (χ1) is 6.74. The van der Waals surface area contributed by atoms with E-state index in [0.29, 0.717) is 19.4 Å². The average molecular weight is 235 g/mol. The molecule has 1 atom stereocenters. The zero-order valence-corrected chi connectivity index (χ0v) is 9.67. The summed E-state index contributed by atoms with van der Waals surface area (Å²) < 4.78 is 42.8. The maximum atomic E-state index is 11.0. The highest BCUT2D eigenvalue weighted by Gasteiger charge is 2.52. The molecule has 6 heteroatoms. The Morgan fingerprint density at radius 2 is 2.00 bits per heavy atom. The Labute approximate surface area is 89.5 Å².